The molecule has 0 aliphatic rings. The van der Waals surface area contributed by atoms with Crippen LogP contribution in [0.3, 0.4) is 0 Å². The molecule has 0 unspecified atom stereocenters. The molecule has 1 N–H and O–H groups in total. The summed E-state index contributed by atoms with van der Waals surface area (Å²) in [5.41, 5.74) is 3.06. The topological polar surface area (TPSA) is 51.2 Å². The lowest BCUT2D eigenvalue weighted by Crippen LogP contribution is -2.30. The number of nitrogens with zero attached hydrogens (tertiary/aromatic N) is 1. The molecule has 3 rings (SSSR count). The van der Waals surface area contributed by atoms with E-state index in [1.807, 2.05) is 36.6 Å². The number of hydrogen-bond donors (Lipinski definition) is 1. The molecule has 0 fully saturated rings. The van der Waals surface area contributed by atoms with Crippen LogP contribution in [0.4, 0.5) is 5.13 Å². The van der Waals surface area contributed by atoms with Crippen molar-refractivity contribution >= 4 is 34.0 Å². The maximum absolute atomic E-state index is 12.3. The number of benzene rings is 2. The average molecular weight is 373 g/mol. The summed E-state index contributed by atoms with van der Waals surface area (Å²) in [6, 6.07) is 15.0. The third kappa shape index (κ3) is 4.59. The first-order valence-electron chi connectivity index (χ1n) is 7.77. The Morgan fingerprint density at radius 3 is 2.52 bits per heavy atom. The minimum absolute atomic E-state index is 0.250. The molecule has 0 saturated heterocycles. The Balaban J connectivity index is 1.62. The van der Waals surface area contributed by atoms with Crippen molar-refractivity contribution in [1.82, 2.24) is 4.98 Å². The Hall–Kier alpha value is -2.37. The molecule has 1 heterocycles. The van der Waals surface area contributed by atoms with Gasteiger partial charge in [0.25, 0.3) is 5.91 Å². The standard InChI is InChI=1S/C19H17ClN2O2S/c1-12-3-5-14(6-4-12)17-11-25-19(21-17)22-18(23)13(2)24-16-9-7-15(20)8-10-16/h3-11,13H,1-2H3,(H,21,22,23)/t13-/m0/s1. The van der Waals surface area contributed by atoms with Gasteiger partial charge in [-0.1, -0.05) is 41.4 Å². The summed E-state index contributed by atoms with van der Waals surface area (Å²) in [4.78, 5) is 16.7. The number of amides is 1. The summed E-state index contributed by atoms with van der Waals surface area (Å²) in [7, 11) is 0. The molecular formula is C19H17ClN2O2S. The van der Waals surface area contributed by atoms with Gasteiger partial charge < -0.3 is 4.74 Å². The fraction of sp³-hybridized carbons (Fsp3) is 0.158. The van der Waals surface area contributed by atoms with Crippen LogP contribution in [0.2, 0.25) is 5.02 Å². The lowest BCUT2D eigenvalue weighted by molar-refractivity contribution is -0.122. The van der Waals surface area contributed by atoms with E-state index in [0.29, 0.717) is 15.9 Å². The molecular weight excluding hydrogens is 356 g/mol. The van der Waals surface area contributed by atoms with Crippen LogP contribution in [-0.2, 0) is 4.79 Å². The van der Waals surface area contributed by atoms with Crippen LogP contribution in [0.25, 0.3) is 11.3 Å². The maximum atomic E-state index is 12.3. The lowest BCUT2D eigenvalue weighted by Gasteiger charge is -2.13. The molecule has 0 spiro atoms. The van der Waals surface area contributed by atoms with Crippen molar-refractivity contribution in [3.63, 3.8) is 0 Å². The van der Waals surface area contributed by atoms with Crippen molar-refractivity contribution in [1.29, 1.82) is 0 Å². The van der Waals surface area contributed by atoms with E-state index in [9.17, 15) is 4.79 Å². The quantitative estimate of drug-likeness (QED) is 0.671. The van der Waals surface area contributed by atoms with Crippen molar-refractivity contribution in [3.8, 4) is 17.0 Å². The normalized spacial score (nSPS) is 11.8. The number of thiazole rings is 1. The number of halogens is 1. The zero-order valence-corrected chi connectivity index (χ0v) is 15.4. The van der Waals surface area contributed by atoms with Gasteiger partial charge >= 0.3 is 0 Å². The Kier molecular flexibility index (Phi) is 5.36. The van der Waals surface area contributed by atoms with Crippen molar-refractivity contribution in [2.24, 2.45) is 0 Å². The van der Waals surface area contributed by atoms with Crippen LogP contribution in [0.15, 0.2) is 53.9 Å². The van der Waals surface area contributed by atoms with Crippen molar-refractivity contribution < 1.29 is 9.53 Å². The third-order valence-corrected chi connectivity index (χ3v) is 4.59. The average Bonchev–Trinajstić information content (AvgIpc) is 3.06. The second kappa shape index (κ2) is 7.68. The number of carbonyl (C=O) groups excluding carboxylic acids is 1. The molecule has 0 aliphatic heterocycles. The van der Waals surface area contributed by atoms with Crippen LogP contribution < -0.4 is 10.1 Å². The number of anilines is 1. The molecule has 1 aromatic heterocycles. The molecule has 0 aliphatic carbocycles. The Bertz CT molecular complexity index is 860. The van der Waals surface area contributed by atoms with E-state index in [0.717, 1.165) is 11.3 Å². The van der Waals surface area contributed by atoms with Crippen molar-refractivity contribution in [3.05, 3.63) is 64.5 Å². The summed E-state index contributed by atoms with van der Waals surface area (Å²) in [6.07, 6.45) is -0.645. The van der Waals surface area contributed by atoms with Gasteiger partial charge in [0, 0.05) is 16.0 Å². The number of carbonyl (C=O) groups is 1. The summed E-state index contributed by atoms with van der Waals surface area (Å²) >= 11 is 7.22. The van der Waals surface area contributed by atoms with E-state index in [4.69, 9.17) is 16.3 Å². The first kappa shape index (κ1) is 17.5. The van der Waals surface area contributed by atoms with E-state index >= 15 is 0 Å². The van der Waals surface area contributed by atoms with Gasteiger partial charge in [0.05, 0.1) is 5.69 Å². The fourth-order valence-corrected chi connectivity index (χ4v) is 3.01. The predicted molar refractivity (Wildman–Crippen MR) is 102 cm³/mol. The largest absolute Gasteiger partial charge is 0.481 e. The predicted octanol–water partition coefficient (Wildman–Crippen LogP) is 5.18. The molecule has 25 heavy (non-hydrogen) atoms. The van der Waals surface area contributed by atoms with E-state index in [2.05, 4.69) is 10.3 Å². The van der Waals surface area contributed by atoms with Crippen LogP contribution in [0, 0.1) is 6.92 Å². The van der Waals surface area contributed by atoms with Crippen LogP contribution in [0.1, 0.15) is 12.5 Å². The van der Waals surface area contributed by atoms with Gasteiger partial charge in [-0.25, -0.2) is 4.98 Å². The number of nitrogens with one attached hydrogen (secondary N) is 1. The summed E-state index contributed by atoms with van der Waals surface area (Å²) in [6.45, 7) is 3.73. The molecule has 3 aromatic rings. The molecule has 2 aromatic carbocycles. The number of ether oxygens (including phenoxy) is 1. The minimum atomic E-state index is -0.645. The van der Waals surface area contributed by atoms with Gasteiger partial charge in [-0.3, -0.25) is 10.1 Å². The lowest BCUT2D eigenvalue weighted by atomic mass is 10.1. The van der Waals surface area contributed by atoms with E-state index in [1.54, 1.807) is 31.2 Å². The highest BCUT2D eigenvalue weighted by Gasteiger charge is 2.16. The molecule has 1 amide bonds. The molecule has 6 heteroatoms. The van der Waals surface area contributed by atoms with E-state index in [-0.39, 0.29) is 5.91 Å². The SMILES string of the molecule is Cc1ccc(-c2csc(NC(=O)[C@H](C)Oc3ccc(Cl)cc3)n2)cc1. The summed E-state index contributed by atoms with van der Waals surface area (Å²) in [5, 5.41) is 5.88. The van der Waals surface area contributed by atoms with E-state index in [1.165, 1.54) is 16.9 Å². The smallest absolute Gasteiger partial charge is 0.266 e. The van der Waals surface area contributed by atoms with Crippen molar-refractivity contribution in [2.45, 2.75) is 20.0 Å². The number of aryl methyl sites for hydroxylation is 1. The number of rotatable bonds is 5. The van der Waals surface area contributed by atoms with Crippen LogP contribution in [0.5, 0.6) is 5.75 Å². The third-order valence-electron chi connectivity index (χ3n) is 3.58. The summed E-state index contributed by atoms with van der Waals surface area (Å²) in [5.74, 6) is 0.339. The molecule has 0 saturated carbocycles. The molecule has 1 atom stereocenters. The number of aromatic nitrogens is 1. The molecule has 0 radical (unpaired) electrons. The van der Waals surface area contributed by atoms with Gasteiger partial charge in [-0.2, -0.15) is 0 Å². The second-order valence-electron chi connectivity index (χ2n) is 5.61. The summed E-state index contributed by atoms with van der Waals surface area (Å²) < 4.78 is 5.61. The van der Waals surface area contributed by atoms with Gasteiger partial charge in [-0.05, 0) is 38.1 Å². The number of hydrogen-bond acceptors (Lipinski definition) is 4. The second-order valence-corrected chi connectivity index (χ2v) is 6.90. The van der Waals surface area contributed by atoms with Gasteiger partial charge in [0.1, 0.15) is 5.75 Å². The minimum Gasteiger partial charge on any atom is -0.481 e. The highest BCUT2D eigenvalue weighted by atomic mass is 35.5. The first-order valence-corrected chi connectivity index (χ1v) is 9.03. The first-order chi connectivity index (χ1) is 12.0. The van der Waals surface area contributed by atoms with Crippen LogP contribution in [-0.4, -0.2) is 17.0 Å². The Morgan fingerprint density at radius 2 is 1.84 bits per heavy atom. The molecule has 128 valence electrons. The zero-order chi connectivity index (χ0) is 17.8. The Labute approximate surface area is 155 Å². The van der Waals surface area contributed by atoms with Crippen molar-refractivity contribution in [2.75, 3.05) is 5.32 Å². The zero-order valence-electron chi connectivity index (χ0n) is 13.8. The maximum Gasteiger partial charge on any atom is 0.266 e. The highest BCUT2D eigenvalue weighted by molar-refractivity contribution is 7.14. The molecule has 0 bridgehead atoms. The highest BCUT2D eigenvalue weighted by Crippen LogP contribution is 2.25. The fourth-order valence-electron chi connectivity index (χ4n) is 2.17. The van der Waals surface area contributed by atoms with Gasteiger partial charge in [-0.15, -0.1) is 11.3 Å². The van der Waals surface area contributed by atoms with Gasteiger partial charge in [0.15, 0.2) is 11.2 Å². The molecule has 4 nitrogen and oxygen atoms in total. The van der Waals surface area contributed by atoms with Gasteiger partial charge in [0.2, 0.25) is 0 Å². The monoisotopic (exact) mass is 372 g/mol. The van der Waals surface area contributed by atoms with Crippen LogP contribution >= 0.6 is 22.9 Å². The Morgan fingerprint density at radius 1 is 1.16 bits per heavy atom. The van der Waals surface area contributed by atoms with E-state index < -0.39 is 6.10 Å².